The molecule has 1 fully saturated rings. The molecule has 20 heavy (non-hydrogen) atoms. The van der Waals surface area contributed by atoms with Crippen LogP contribution in [0.1, 0.15) is 5.56 Å². The molecule has 110 valence electrons. The molecule has 0 bridgehead atoms. The Bertz CT molecular complexity index is 448. The van der Waals surface area contributed by atoms with Crippen molar-refractivity contribution in [2.45, 2.75) is 5.75 Å². The number of rotatable bonds is 5. The average molecular weight is 312 g/mol. The van der Waals surface area contributed by atoms with Crippen molar-refractivity contribution in [2.24, 2.45) is 0 Å². The van der Waals surface area contributed by atoms with E-state index >= 15 is 0 Å². The number of nitrogens with one attached hydrogen (secondary N) is 1. The predicted molar refractivity (Wildman–Crippen MR) is 85.5 cm³/mol. The molecule has 2 amide bonds. The predicted octanol–water partition coefficient (Wildman–Crippen LogP) is 1.69. The Morgan fingerprint density at radius 3 is 2.65 bits per heavy atom. The van der Waals surface area contributed by atoms with E-state index in [1.165, 1.54) is 0 Å². The van der Waals surface area contributed by atoms with Crippen LogP contribution < -0.4 is 5.32 Å². The molecule has 0 spiro atoms. The smallest absolute Gasteiger partial charge is 0.317 e. The Hall–Kier alpha value is -1.01. The molecule has 1 aromatic rings. The molecule has 1 aliphatic heterocycles. The topological polar surface area (TPSA) is 49.4 Å². The molecule has 1 atom stereocenters. The van der Waals surface area contributed by atoms with Gasteiger partial charge in [0, 0.05) is 53.4 Å². The van der Waals surface area contributed by atoms with Gasteiger partial charge in [0.05, 0.1) is 0 Å². The highest BCUT2D eigenvalue weighted by molar-refractivity contribution is 7.99. The van der Waals surface area contributed by atoms with E-state index < -0.39 is 10.8 Å². The first-order chi connectivity index (χ1) is 9.75. The summed E-state index contributed by atoms with van der Waals surface area (Å²) in [6.45, 7) is 2.09. The summed E-state index contributed by atoms with van der Waals surface area (Å²) >= 11 is 1.88. The van der Waals surface area contributed by atoms with Crippen LogP contribution in [-0.4, -0.2) is 52.0 Å². The van der Waals surface area contributed by atoms with Crippen molar-refractivity contribution < 1.29 is 9.00 Å². The highest BCUT2D eigenvalue weighted by atomic mass is 32.2. The van der Waals surface area contributed by atoms with Gasteiger partial charge >= 0.3 is 6.03 Å². The summed E-state index contributed by atoms with van der Waals surface area (Å²) in [5.41, 5.74) is 1.07. The van der Waals surface area contributed by atoms with Crippen LogP contribution in [0.15, 0.2) is 30.3 Å². The molecule has 0 radical (unpaired) electrons. The first-order valence-electron chi connectivity index (χ1n) is 6.75. The maximum Gasteiger partial charge on any atom is 0.317 e. The molecule has 0 aliphatic carbocycles. The second kappa shape index (κ2) is 8.32. The minimum Gasteiger partial charge on any atom is -0.337 e. The zero-order valence-corrected chi connectivity index (χ0v) is 13.0. The maximum atomic E-state index is 11.9. The lowest BCUT2D eigenvalue weighted by atomic mass is 10.2. The van der Waals surface area contributed by atoms with Crippen LogP contribution in [0.5, 0.6) is 0 Å². The third-order valence-electron chi connectivity index (χ3n) is 3.07. The van der Waals surface area contributed by atoms with Gasteiger partial charge < -0.3 is 10.2 Å². The van der Waals surface area contributed by atoms with Crippen molar-refractivity contribution in [3.63, 3.8) is 0 Å². The van der Waals surface area contributed by atoms with Gasteiger partial charge in [-0.05, 0) is 5.56 Å². The van der Waals surface area contributed by atoms with Gasteiger partial charge in [-0.3, -0.25) is 4.21 Å². The van der Waals surface area contributed by atoms with Gasteiger partial charge in [-0.2, -0.15) is 11.8 Å². The molecular weight excluding hydrogens is 292 g/mol. The third kappa shape index (κ3) is 5.17. The number of carbonyl (C=O) groups excluding carboxylic acids is 1. The monoisotopic (exact) mass is 312 g/mol. The molecular formula is C14H20N2O2S2. The van der Waals surface area contributed by atoms with Crippen LogP contribution in [0.4, 0.5) is 4.79 Å². The first kappa shape index (κ1) is 15.4. The highest BCUT2D eigenvalue weighted by Crippen LogP contribution is 2.08. The Morgan fingerprint density at radius 2 is 1.95 bits per heavy atom. The van der Waals surface area contributed by atoms with E-state index in [0.29, 0.717) is 18.1 Å². The Labute approximate surface area is 126 Å². The first-order valence-corrected chi connectivity index (χ1v) is 9.39. The summed E-state index contributed by atoms with van der Waals surface area (Å²) in [7, 11) is -0.930. The number of urea groups is 1. The highest BCUT2D eigenvalue weighted by Gasteiger charge is 2.16. The molecule has 1 aromatic carbocycles. The molecule has 1 heterocycles. The summed E-state index contributed by atoms with van der Waals surface area (Å²) < 4.78 is 11.9. The maximum absolute atomic E-state index is 11.9. The lowest BCUT2D eigenvalue weighted by molar-refractivity contribution is 0.204. The molecule has 1 aliphatic rings. The van der Waals surface area contributed by atoms with Crippen molar-refractivity contribution in [3.05, 3.63) is 35.9 Å². The molecule has 0 aromatic heterocycles. The average Bonchev–Trinajstić information content (AvgIpc) is 2.49. The van der Waals surface area contributed by atoms with Crippen LogP contribution in [0.3, 0.4) is 0 Å². The fourth-order valence-electron chi connectivity index (χ4n) is 1.98. The van der Waals surface area contributed by atoms with Crippen molar-refractivity contribution in [2.75, 3.05) is 36.9 Å². The van der Waals surface area contributed by atoms with Crippen LogP contribution in [0.25, 0.3) is 0 Å². The van der Waals surface area contributed by atoms with Crippen molar-refractivity contribution >= 4 is 28.6 Å². The Kier molecular flexibility index (Phi) is 6.39. The number of benzene rings is 1. The van der Waals surface area contributed by atoms with Crippen LogP contribution in [0, 0.1) is 0 Å². The summed E-state index contributed by atoms with van der Waals surface area (Å²) in [5, 5.41) is 2.85. The van der Waals surface area contributed by atoms with E-state index in [1.54, 1.807) is 0 Å². The van der Waals surface area contributed by atoms with Crippen molar-refractivity contribution in [3.8, 4) is 0 Å². The lowest BCUT2D eigenvalue weighted by Crippen LogP contribution is -2.45. The fourth-order valence-corrected chi connectivity index (χ4v) is 3.92. The minimum absolute atomic E-state index is 0.0259. The quantitative estimate of drug-likeness (QED) is 0.900. The fraction of sp³-hybridized carbons (Fsp3) is 0.500. The summed E-state index contributed by atoms with van der Waals surface area (Å²) in [5.74, 6) is 3.07. The van der Waals surface area contributed by atoms with E-state index in [4.69, 9.17) is 0 Å². The molecule has 2 rings (SSSR count). The Balaban J connectivity index is 1.65. The number of hydrogen-bond acceptors (Lipinski definition) is 3. The Morgan fingerprint density at radius 1 is 1.25 bits per heavy atom. The van der Waals surface area contributed by atoms with E-state index in [2.05, 4.69) is 5.32 Å². The van der Waals surface area contributed by atoms with E-state index in [-0.39, 0.29) is 6.03 Å². The third-order valence-corrected chi connectivity index (χ3v) is 5.33. The van der Waals surface area contributed by atoms with Crippen LogP contribution >= 0.6 is 11.8 Å². The molecule has 0 saturated carbocycles. The lowest BCUT2D eigenvalue weighted by Gasteiger charge is -2.26. The van der Waals surface area contributed by atoms with E-state index in [1.807, 2.05) is 47.0 Å². The number of thioether (sulfide) groups is 1. The summed E-state index contributed by atoms with van der Waals surface area (Å²) in [6.07, 6.45) is 0. The summed E-state index contributed by atoms with van der Waals surface area (Å²) in [4.78, 5) is 13.7. The minimum atomic E-state index is -0.930. The van der Waals surface area contributed by atoms with Gasteiger partial charge in [0.1, 0.15) is 0 Å². The summed E-state index contributed by atoms with van der Waals surface area (Å²) in [6, 6.07) is 9.76. The number of carbonyl (C=O) groups is 1. The molecule has 1 N–H and O–H groups in total. The van der Waals surface area contributed by atoms with Crippen molar-refractivity contribution in [1.82, 2.24) is 10.2 Å². The standard InChI is InChI=1S/C14H20N2O2S2/c17-14(16-7-9-19-10-8-16)15-6-11-20(18)12-13-4-2-1-3-5-13/h1-5H,6-12H2,(H,15,17)/t20-/m0/s1. The van der Waals surface area contributed by atoms with Gasteiger partial charge in [-0.15, -0.1) is 0 Å². The van der Waals surface area contributed by atoms with E-state index in [0.717, 1.165) is 30.2 Å². The molecule has 0 unspecified atom stereocenters. The van der Waals surface area contributed by atoms with Gasteiger partial charge in [-0.25, -0.2) is 4.79 Å². The number of amides is 2. The van der Waals surface area contributed by atoms with Gasteiger partial charge in [0.25, 0.3) is 0 Å². The van der Waals surface area contributed by atoms with Crippen molar-refractivity contribution in [1.29, 1.82) is 0 Å². The van der Waals surface area contributed by atoms with Gasteiger partial charge in [-0.1, -0.05) is 30.3 Å². The normalized spacial score (nSPS) is 16.7. The van der Waals surface area contributed by atoms with Crippen LogP contribution in [0.2, 0.25) is 0 Å². The molecule has 6 heteroatoms. The zero-order valence-electron chi connectivity index (χ0n) is 11.4. The zero-order chi connectivity index (χ0) is 14.2. The van der Waals surface area contributed by atoms with Gasteiger partial charge in [0.15, 0.2) is 0 Å². The largest absolute Gasteiger partial charge is 0.337 e. The van der Waals surface area contributed by atoms with E-state index in [9.17, 15) is 9.00 Å². The SMILES string of the molecule is O=C(NCC[S@](=O)Cc1ccccc1)N1CCSCC1. The molecule has 4 nitrogen and oxygen atoms in total. The number of nitrogens with zero attached hydrogens (tertiary/aromatic N) is 1. The second-order valence-electron chi connectivity index (χ2n) is 4.61. The number of hydrogen-bond donors (Lipinski definition) is 1. The van der Waals surface area contributed by atoms with Gasteiger partial charge in [0.2, 0.25) is 0 Å². The van der Waals surface area contributed by atoms with Crippen LogP contribution in [-0.2, 0) is 16.6 Å². The molecule has 1 saturated heterocycles. The second-order valence-corrected chi connectivity index (χ2v) is 7.41.